The van der Waals surface area contributed by atoms with Gasteiger partial charge in [-0.2, -0.15) is 5.10 Å². The second-order valence-corrected chi connectivity index (χ2v) is 6.69. The van der Waals surface area contributed by atoms with Crippen molar-refractivity contribution < 1.29 is 13.6 Å². The summed E-state index contributed by atoms with van der Waals surface area (Å²) in [6.45, 7) is 0.534. The summed E-state index contributed by atoms with van der Waals surface area (Å²) in [6.07, 6.45) is 1.76. The van der Waals surface area contributed by atoms with Crippen molar-refractivity contribution in [1.29, 1.82) is 0 Å². The molecule has 0 spiro atoms. The molecule has 0 aliphatic carbocycles. The first-order valence-corrected chi connectivity index (χ1v) is 8.32. The number of halogens is 2. The molecule has 1 aliphatic heterocycles. The lowest BCUT2D eigenvalue weighted by molar-refractivity contribution is -0.116. The highest BCUT2D eigenvalue weighted by molar-refractivity contribution is 7.09. The molecule has 1 aliphatic rings. The van der Waals surface area contributed by atoms with Gasteiger partial charge in [0.05, 0.1) is 12.7 Å². The highest BCUT2D eigenvalue weighted by Crippen LogP contribution is 2.38. The quantitative estimate of drug-likeness (QED) is 0.786. The molecule has 1 atom stereocenters. The van der Waals surface area contributed by atoms with Crippen LogP contribution in [0.1, 0.15) is 28.3 Å². The van der Waals surface area contributed by atoms with E-state index < -0.39 is 17.6 Å². The van der Waals surface area contributed by atoms with Gasteiger partial charge in [0.15, 0.2) is 0 Å². The van der Waals surface area contributed by atoms with Crippen LogP contribution in [0.4, 0.5) is 14.6 Å². The lowest BCUT2D eigenvalue weighted by Crippen LogP contribution is -2.25. The average molecular weight is 345 g/mol. The van der Waals surface area contributed by atoms with Gasteiger partial charge in [-0.1, -0.05) is 12.1 Å². The molecule has 0 saturated heterocycles. The van der Waals surface area contributed by atoms with E-state index in [4.69, 9.17) is 0 Å². The number of aromatic nitrogens is 2. The zero-order valence-corrected chi connectivity index (χ0v) is 13.3. The van der Waals surface area contributed by atoms with Crippen LogP contribution < -0.4 is 5.32 Å². The van der Waals surface area contributed by atoms with E-state index >= 15 is 0 Å². The molecule has 4 nitrogen and oxygen atoms in total. The number of hydrogen-bond donors (Lipinski definition) is 1. The Balaban J connectivity index is 1.75. The van der Waals surface area contributed by atoms with Gasteiger partial charge in [-0.15, -0.1) is 11.3 Å². The van der Waals surface area contributed by atoms with Gasteiger partial charge < -0.3 is 5.32 Å². The fourth-order valence-electron chi connectivity index (χ4n) is 3.00. The Morgan fingerprint density at radius 1 is 1.29 bits per heavy atom. The molecule has 0 saturated carbocycles. The molecule has 7 heteroatoms. The molecule has 4 rings (SSSR count). The minimum Gasteiger partial charge on any atom is -0.311 e. The summed E-state index contributed by atoms with van der Waals surface area (Å²) in [5.74, 6) is -1.37. The van der Waals surface area contributed by atoms with Gasteiger partial charge in [0.2, 0.25) is 5.91 Å². The molecule has 1 aromatic carbocycles. The van der Waals surface area contributed by atoms with E-state index in [0.29, 0.717) is 17.9 Å². The van der Waals surface area contributed by atoms with E-state index in [-0.39, 0.29) is 12.3 Å². The van der Waals surface area contributed by atoms with Crippen LogP contribution >= 0.6 is 11.3 Å². The highest BCUT2D eigenvalue weighted by atomic mass is 32.1. The number of rotatable bonds is 3. The summed E-state index contributed by atoms with van der Waals surface area (Å²) in [7, 11) is 0. The van der Waals surface area contributed by atoms with E-state index in [0.717, 1.165) is 16.5 Å². The number of carbonyl (C=O) groups excluding carboxylic acids is 1. The van der Waals surface area contributed by atoms with Crippen LogP contribution in [0.5, 0.6) is 0 Å². The van der Waals surface area contributed by atoms with Gasteiger partial charge >= 0.3 is 0 Å². The maximum atomic E-state index is 14.2. The number of nitrogens with zero attached hydrogens (tertiary/aromatic N) is 2. The first kappa shape index (κ1) is 15.0. The van der Waals surface area contributed by atoms with E-state index in [1.807, 2.05) is 17.5 Å². The molecule has 2 aromatic heterocycles. The third-order valence-corrected chi connectivity index (χ3v) is 4.98. The summed E-state index contributed by atoms with van der Waals surface area (Å²) in [5.41, 5.74) is 1.06. The third kappa shape index (κ3) is 2.60. The Kier molecular flexibility index (Phi) is 3.65. The fraction of sp³-hybridized carbons (Fsp3) is 0.176. The lowest BCUT2D eigenvalue weighted by Gasteiger charge is -2.24. The minimum atomic E-state index is -0.647. The Morgan fingerprint density at radius 2 is 2.17 bits per heavy atom. The Bertz CT molecular complexity index is 905. The molecule has 0 unspecified atom stereocenters. The van der Waals surface area contributed by atoms with Crippen LogP contribution in [0.25, 0.3) is 0 Å². The van der Waals surface area contributed by atoms with Gasteiger partial charge in [0.25, 0.3) is 0 Å². The second kappa shape index (κ2) is 5.83. The molecule has 3 aromatic rings. The van der Waals surface area contributed by atoms with E-state index in [2.05, 4.69) is 10.4 Å². The first-order chi connectivity index (χ1) is 11.6. The fourth-order valence-corrected chi connectivity index (χ4v) is 3.69. The normalized spacial score (nSPS) is 16.8. The molecule has 1 amide bonds. The summed E-state index contributed by atoms with van der Waals surface area (Å²) in [5, 5.41) is 9.14. The van der Waals surface area contributed by atoms with Crippen LogP contribution in [0.3, 0.4) is 0 Å². The molecule has 1 N–H and O–H groups in total. The predicted molar refractivity (Wildman–Crippen MR) is 87.1 cm³/mol. The van der Waals surface area contributed by atoms with E-state index in [1.54, 1.807) is 22.2 Å². The molecule has 122 valence electrons. The van der Waals surface area contributed by atoms with Crippen LogP contribution in [-0.4, -0.2) is 15.7 Å². The standard InChI is InChI=1S/C17H13F2N3OS/c18-10-3-4-12(15(19)6-10)13-7-16(23)21-17-14(13)8-20-22(17)9-11-2-1-5-24-11/h1-6,8,13H,7,9H2,(H,21,23)/t13-/m1/s1. The van der Waals surface area contributed by atoms with Crippen LogP contribution in [-0.2, 0) is 11.3 Å². The number of carbonyl (C=O) groups is 1. The molecule has 0 radical (unpaired) electrons. The van der Waals surface area contributed by atoms with Gasteiger partial charge in [0.1, 0.15) is 17.5 Å². The summed E-state index contributed by atoms with van der Waals surface area (Å²) < 4.78 is 29.0. The Morgan fingerprint density at radius 3 is 2.92 bits per heavy atom. The number of fused-ring (bicyclic) bond motifs is 1. The minimum absolute atomic E-state index is 0.111. The predicted octanol–water partition coefficient (Wildman–Crippen LogP) is 3.75. The van der Waals surface area contributed by atoms with Crippen molar-refractivity contribution in [2.45, 2.75) is 18.9 Å². The topological polar surface area (TPSA) is 46.9 Å². The van der Waals surface area contributed by atoms with Crippen molar-refractivity contribution >= 4 is 23.1 Å². The van der Waals surface area contributed by atoms with Crippen molar-refractivity contribution in [2.24, 2.45) is 0 Å². The van der Waals surface area contributed by atoms with Crippen molar-refractivity contribution in [2.75, 3.05) is 5.32 Å². The van der Waals surface area contributed by atoms with E-state index in [9.17, 15) is 13.6 Å². The third-order valence-electron chi connectivity index (χ3n) is 4.11. The van der Waals surface area contributed by atoms with Crippen molar-refractivity contribution in [3.8, 4) is 0 Å². The summed E-state index contributed by atoms with van der Waals surface area (Å²) >= 11 is 1.60. The SMILES string of the molecule is O=C1C[C@H](c2ccc(F)cc2F)c2cnn(Cc3cccs3)c2N1. The Hall–Kier alpha value is -2.54. The maximum Gasteiger partial charge on any atom is 0.226 e. The highest BCUT2D eigenvalue weighted by Gasteiger charge is 2.31. The maximum absolute atomic E-state index is 14.2. The van der Waals surface area contributed by atoms with Crippen molar-refractivity contribution in [3.63, 3.8) is 0 Å². The average Bonchev–Trinajstić information content (AvgIpc) is 3.18. The molecule has 0 bridgehead atoms. The summed E-state index contributed by atoms with van der Waals surface area (Å²) in [4.78, 5) is 13.2. The van der Waals surface area contributed by atoms with Crippen LogP contribution in [0, 0.1) is 11.6 Å². The largest absolute Gasteiger partial charge is 0.311 e. The molecule has 24 heavy (non-hydrogen) atoms. The summed E-state index contributed by atoms with van der Waals surface area (Å²) in [6, 6.07) is 7.39. The number of amides is 1. The zero-order valence-electron chi connectivity index (χ0n) is 12.5. The smallest absolute Gasteiger partial charge is 0.226 e. The van der Waals surface area contributed by atoms with Crippen molar-refractivity contribution in [1.82, 2.24) is 9.78 Å². The van der Waals surface area contributed by atoms with Gasteiger partial charge in [-0.3, -0.25) is 4.79 Å². The van der Waals surface area contributed by atoms with E-state index in [1.165, 1.54) is 12.1 Å². The monoisotopic (exact) mass is 345 g/mol. The molecule has 3 heterocycles. The van der Waals surface area contributed by atoms with Gasteiger partial charge in [0, 0.05) is 28.8 Å². The second-order valence-electron chi connectivity index (χ2n) is 5.66. The van der Waals surface area contributed by atoms with Gasteiger partial charge in [-0.05, 0) is 23.1 Å². The molecule has 0 fully saturated rings. The van der Waals surface area contributed by atoms with Crippen LogP contribution in [0.2, 0.25) is 0 Å². The number of benzene rings is 1. The Labute approximate surface area is 140 Å². The number of nitrogens with one attached hydrogen (secondary N) is 1. The zero-order chi connectivity index (χ0) is 16.7. The first-order valence-electron chi connectivity index (χ1n) is 7.44. The lowest BCUT2D eigenvalue weighted by atomic mass is 9.87. The van der Waals surface area contributed by atoms with Gasteiger partial charge in [-0.25, -0.2) is 13.5 Å². The number of hydrogen-bond acceptors (Lipinski definition) is 3. The van der Waals surface area contributed by atoms with Crippen molar-refractivity contribution in [3.05, 3.63) is 69.5 Å². The van der Waals surface area contributed by atoms with Crippen LogP contribution in [0.15, 0.2) is 41.9 Å². The number of thiophene rings is 1. The molecular weight excluding hydrogens is 332 g/mol. The number of anilines is 1. The molecular formula is C17H13F2N3OS.